The number of piperidine rings is 1. The topological polar surface area (TPSA) is 107 Å². The number of anilines is 3. The molecule has 3 aromatic carbocycles. The molecule has 6 rings (SSSR count). The summed E-state index contributed by atoms with van der Waals surface area (Å²) >= 11 is 0. The molecule has 2 aliphatic heterocycles. The lowest BCUT2D eigenvalue weighted by Crippen LogP contribution is -2.32. The van der Waals surface area contributed by atoms with Gasteiger partial charge in [-0.05, 0) is 79.4 Å². The Hall–Kier alpha value is -4.53. The molecule has 1 fully saturated rings. The van der Waals surface area contributed by atoms with Crippen LogP contribution in [0.15, 0.2) is 60.7 Å². The van der Waals surface area contributed by atoms with Crippen LogP contribution < -0.4 is 15.1 Å². The summed E-state index contributed by atoms with van der Waals surface area (Å²) in [6.45, 7) is 4.25. The van der Waals surface area contributed by atoms with E-state index < -0.39 is 0 Å². The fourth-order valence-electron chi connectivity index (χ4n) is 5.07. The van der Waals surface area contributed by atoms with Crippen molar-refractivity contribution in [1.29, 1.82) is 0 Å². The predicted molar refractivity (Wildman–Crippen MR) is 142 cm³/mol. The molecule has 0 spiro atoms. The number of carbonyl (C=O) groups excluding carboxylic acids is 2. The minimum absolute atomic E-state index is 0.0923. The van der Waals surface area contributed by atoms with E-state index in [1.54, 1.807) is 11.0 Å². The molecule has 0 saturated carbocycles. The highest BCUT2D eigenvalue weighted by Gasteiger charge is 2.30. The second-order valence-corrected chi connectivity index (χ2v) is 9.57. The summed E-state index contributed by atoms with van der Waals surface area (Å²) in [6, 6.07) is 19.1. The van der Waals surface area contributed by atoms with Gasteiger partial charge in [0, 0.05) is 41.3 Å². The summed E-state index contributed by atoms with van der Waals surface area (Å²) < 4.78 is 0. The number of nitrogens with one attached hydrogen (secondary N) is 2. The Kier molecular flexibility index (Phi) is 5.88. The molecule has 9 heteroatoms. The molecule has 3 heterocycles. The molecule has 2 amide bonds. The number of benzene rings is 3. The van der Waals surface area contributed by atoms with Crippen LogP contribution in [0.5, 0.6) is 0 Å². The van der Waals surface area contributed by atoms with Gasteiger partial charge in [0.1, 0.15) is 0 Å². The molecule has 0 radical (unpaired) electrons. The summed E-state index contributed by atoms with van der Waals surface area (Å²) in [5.74, 6) is 0.203. The molecule has 2 N–H and O–H groups in total. The molecule has 0 bridgehead atoms. The first-order valence-electron chi connectivity index (χ1n) is 12.5. The molecule has 0 atom stereocenters. The van der Waals surface area contributed by atoms with Crippen molar-refractivity contribution in [3.8, 4) is 11.4 Å². The number of rotatable bonds is 5. The molecule has 1 saturated heterocycles. The third kappa shape index (κ3) is 4.44. The minimum Gasteiger partial charge on any atom is -0.371 e. The highest BCUT2D eigenvalue weighted by Crippen LogP contribution is 2.34. The Bertz CT molecular complexity index is 1460. The quantitative estimate of drug-likeness (QED) is 0.422. The Labute approximate surface area is 214 Å². The van der Waals surface area contributed by atoms with Crippen molar-refractivity contribution >= 4 is 28.9 Å². The van der Waals surface area contributed by atoms with Crippen molar-refractivity contribution in [3.05, 3.63) is 82.9 Å². The number of amides is 2. The van der Waals surface area contributed by atoms with Crippen LogP contribution in [0.3, 0.4) is 0 Å². The summed E-state index contributed by atoms with van der Waals surface area (Å²) in [5, 5.41) is 17.2. The third-order valence-corrected chi connectivity index (χ3v) is 7.06. The van der Waals surface area contributed by atoms with E-state index in [9.17, 15) is 9.59 Å². The SMILES string of the molecule is Cc1ccc(NC(=O)c2cc(N3Cc4cc(-c5nn[nH]n5)ccc4C3=O)ccc2N2CCCCC2)cc1. The second-order valence-electron chi connectivity index (χ2n) is 9.57. The van der Waals surface area contributed by atoms with Crippen LogP contribution in [0, 0.1) is 6.92 Å². The lowest BCUT2D eigenvalue weighted by Gasteiger charge is -2.31. The van der Waals surface area contributed by atoms with E-state index >= 15 is 0 Å². The van der Waals surface area contributed by atoms with Crippen molar-refractivity contribution in [2.24, 2.45) is 0 Å². The molecule has 4 aromatic rings. The first-order chi connectivity index (χ1) is 18.1. The second kappa shape index (κ2) is 9.50. The van der Waals surface area contributed by atoms with Gasteiger partial charge >= 0.3 is 0 Å². The molecule has 2 aliphatic rings. The zero-order chi connectivity index (χ0) is 25.4. The lowest BCUT2D eigenvalue weighted by molar-refractivity contribution is 0.0992. The van der Waals surface area contributed by atoms with Gasteiger partial charge in [-0.15, -0.1) is 10.2 Å². The van der Waals surface area contributed by atoms with Gasteiger partial charge in [-0.1, -0.05) is 23.8 Å². The number of nitrogens with zero attached hydrogens (tertiary/aromatic N) is 5. The van der Waals surface area contributed by atoms with Crippen LogP contribution in [0.25, 0.3) is 11.4 Å². The van der Waals surface area contributed by atoms with E-state index in [1.165, 1.54) is 6.42 Å². The standard InChI is InChI=1S/C28H27N7O2/c1-18-5-8-21(9-6-18)29-27(36)24-16-22(10-12-25(24)34-13-3-2-4-14-34)35-17-20-15-19(26-30-32-33-31-26)7-11-23(20)28(35)37/h5-12,15-16H,2-4,13-14,17H2,1H3,(H,29,36)(H,30,31,32,33). The van der Waals surface area contributed by atoms with Crippen LogP contribution in [0.2, 0.25) is 0 Å². The largest absolute Gasteiger partial charge is 0.371 e. The number of carbonyl (C=O) groups is 2. The van der Waals surface area contributed by atoms with Crippen molar-refractivity contribution in [1.82, 2.24) is 20.6 Å². The molecule has 37 heavy (non-hydrogen) atoms. The van der Waals surface area contributed by atoms with Gasteiger partial charge in [-0.25, -0.2) is 0 Å². The molecule has 9 nitrogen and oxygen atoms in total. The van der Waals surface area contributed by atoms with Gasteiger partial charge in [-0.3, -0.25) is 9.59 Å². The molecule has 0 aliphatic carbocycles. The van der Waals surface area contributed by atoms with E-state index in [-0.39, 0.29) is 11.8 Å². The Morgan fingerprint density at radius 2 is 1.78 bits per heavy atom. The maximum absolute atomic E-state index is 13.5. The minimum atomic E-state index is -0.185. The van der Waals surface area contributed by atoms with Gasteiger partial charge in [0.05, 0.1) is 12.1 Å². The summed E-state index contributed by atoms with van der Waals surface area (Å²) in [4.78, 5) is 30.9. The molecular formula is C28H27N7O2. The molecular weight excluding hydrogens is 466 g/mol. The fourth-order valence-corrected chi connectivity index (χ4v) is 5.07. The number of hydrogen-bond donors (Lipinski definition) is 2. The monoisotopic (exact) mass is 493 g/mol. The zero-order valence-electron chi connectivity index (χ0n) is 20.6. The van der Waals surface area contributed by atoms with E-state index in [4.69, 9.17) is 0 Å². The molecule has 0 unspecified atom stereocenters. The highest BCUT2D eigenvalue weighted by molar-refractivity contribution is 6.12. The predicted octanol–water partition coefficient (Wildman–Crippen LogP) is 4.58. The van der Waals surface area contributed by atoms with E-state index in [1.807, 2.05) is 61.5 Å². The molecule has 186 valence electrons. The lowest BCUT2D eigenvalue weighted by atomic mass is 10.0. The van der Waals surface area contributed by atoms with Crippen molar-refractivity contribution in [3.63, 3.8) is 0 Å². The third-order valence-electron chi connectivity index (χ3n) is 7.06. The normalized spacial score (nSPS) is 15.1. The van der Waals surface area contributed by atoms with Crippen molar-refractivity contribution < 1.29 is 9.59 Å². The van der Waals surface area contributed by atoms with Gasteiger partial charge in [0.25, 0.3) is 11.8 Å². The first-order valence-corrected chi connectivity index (χ1v) is 12.5. The van der Waals surface area contributed by atoms with Crippen LogP contribution in [0.1, 0.15) is 51.1 Å². The summed E-state index contributed by atoms with van der Waals surface area (Å²) in [6.07, 6.45) is 3.40. The molecule has 1 aromatic heterocycles. The number of fused-ring (bicyclic) bond motifs is 1. The van der Waals surface area contributed by atoms with Crippen molar-refractivity contribution in [2.45, 2.75) is 32.7 Å². The number of H-pyrrole nitrogens is 1. The highest BCUT2D eigenvalue weighted by atomic mass is 16.2. The van der Waals surface area contributed by atoms with Crippen LogP contribution in [-0.2, 0) is 6.54 Å². The van der Waals surface area contributed by atoms with E-state index in [2.05, 4.69) is 30.8 Å². The van der Waals surface area contributed by atoms with Gasteiger partial charge in [0.15, 0.2) is 0 Å². The van der Waals surface area contributed by atoms with Crippen LogP contribution in [-0.4, -0.2) is 45.5 Å². The Morgan fingerprint density at radius 1 is 0.973 bits per heavy atom. The average Bonchev–Trinajstić information content (AvgIpc) is 3.58. The van der Waals surface area contributed by atoms with Crippen molar-refractivity contribution in [2.75, 3.05) is 28.2 Å². The number of tetrazole rings is 1. The number of aromatic nitrogens is 4. The zero-order valence-corrected chi connectivity index (χ0v) is 20.6. The summed E-state index contributed by atoms with van der Waals surface area (Å²) in [5.41, 5.74) is 6.34. The maximum atomic E-state index is 13.5. The average molecular weight is 494 g/mol. The maximum Gasteiger partial charge on any atom is 0.258 e. The van der Waals surface area contributed by atoms with Crippen LogP contribution >= 0.6 is 0 Å². The first kappa shape index (κ1) is 22.9. The van der Waals surface area contributed by atoms with E-state index in [0.29, 0.717) is 29.2 Å². The summed E-state index contributed by atoms with van der Waals surface area (Å²) in [7, 11) is 0. The smallest absolute Gasteiger partial charge is 0.258 e. The number of aryl methyl sites for hydroxylation is 1. The van der Waals surface area contributed by atoms with E-state index in [0.717, 1.165) is 54.0 Å². The Balaban J connectivity index is 1.33. The number of aromatic amines is 1. The van der Waals surface area contributed by atoms with Crippen LogP contribution in [0.4, 0.5) is 17.1 Å². The fraction of sp³-hybridized carbons (Fsp3) is 0.250. The van der Waals surface area contributed by atoms with Gasteiger partial charge in [-0.2, -0.15) is 5.21 Å². The Morgan fingerprint density at radius 3 is 2.54 bits per heavy atom. The van der Waals surface area contributed by atoms with Gasteiger partial charge in [0.2, 0.25) is 5.82 Å². The van der Waals surface area contributed by atoms with Gasteiger partial charge < -0.3 is 15.1 Å². The number of hydrogen-bond acceptors (Lipinski definition) is 6.